The first-order chi connectivity index (χ1) is 24.9. The number of ether oxygens (including phenoxy) is 6. The lowest BCUT2D eigenvalue weighted by Crippen LogP contribution is -2.64. The summed E-state index contributed by atoms with van der Waals surface area (Å²) in [7, 11) is 1.36. The highest BCUT2D eigenvalue weighted by Crippen LogP contribution is 2.54. The second-order valence-electron chi connectivity index (χ2n) is 13.1. The average Bonchev–Trinajstić information content (AvgIpc) is 3.56. The molecule has 8 heteroatoms. The Morgan fingerprint density at radius 1 is 0.745 bits per heavy atom. The van der Waals surface area contributed by atoms with Crippen molar-refractivity contribution in [3.63, 3.8) is 0 Å². The monoisotopic (exact) mass is 704 g/mol. The first kappa shape index (κ1) is 34.9. The lowest BCUT2D eigenvalue weighted by Gasteiger charge is -2.49. The SMILES string of the molecule is COC(=O)[C@@]12CO[C@@](c3ccc(Cl)c(Cc4ccc(OCc5ccccc5)cc4)c3)(O1)[C@H](OCc1ccccc1)[C@@H](OCc1ccccc1)[C@@H]2C. The molecule has 0 spiro atoms. The molecule has 2 fully saturated rings. The van der Waals surface area contributed by atoms with Gasteiger partial charge in [0, 0.05) is 16.5 Å². The van der Waals surface area contributed by atoms with Crippen LogP contribution in [0.4, 0.5) is 0 Å². The number of fused-ring (bicyclic) bond motifs is 2. The van der Waals surface area contributed by atoms with Gasteiger partial charge in [0.2, 0.25) is 5.79 Å². The Hall–Kier alpha value is -4.50. The summed E-state index contributed by atoms with van der Waals surface area (Å²) in [5.41, 5.74) is 4.26. The minimum Gasteiger partial charge on any atom is -0.489 e. The number of hydrogen-bond donors (Lipinski definition) is 0. The number of benzene rings is 5. The summed E-state index contributed by atoms with van der Waals surface area (Å²) < 4.78 is 38.4. The van der Waals surface area contributed by atoms with Crippen molar-refractivity contribution < 1.29 is 33.2 Å². The normalized spacial score (nSPS) is 23.9. The molecule has 0 aromatic heterocycles. The van der Waals surface area contributed by atoms with Crippen molar-refractivity contribution in [2.45, 2.75) is 56.8 Å². The second-order valence-corrected chi connectivity index (χ2v) is 13.5. The maximum Gasteiger partial charge on any atom is 0.341 e. The Kier molecular flexibility index (Phi) is 10.5. The van der Waals surface area contributed by atoms with Crippen molar-refractivity contribution in [1.82, 2.24) is 0 Å². The van der Waals surface area contributed by atoms with Crippen LogP contribution in [0.15, 0.2) is 133 Å². The lowest BCUT2D eigenvalue weighted by atomic mass is 9.77. The summed E-state index contributed by atoms with van der Waals surface area (Å²) in [6.07, 6.45) is -0.817. The fourth-order valence-corrected chi connectivity index (χ4v) is 7.16. The minimum absolute atomic E-state index is 0.0281. The molecule has 5 aromatic rings. The predicted octanol–water partition coefficient (Wildman–Crippen LogP) is 8.44. The molecule has 7 nitrogen and oxygen atoms in total. The zero-order chi connectivity index (χ0) is 35.3. The Labute approximate surface area is 304 Å². The van der Waals surface area contributed by atoms with E-state index in [1.165, 1.54) is 7.11 Å². The fourth-order valence-electron chi connectivity index (χ4n) is 6.97. The highest BCUT2D eigenvalue weighted by atomic mass is 35.5. The molecule has 2 saturated heterocycles. The van der Waals surface area contributed by atoms with E-state index in [2.05, 4.69) is 0 Å². The van der Waals surface area contributed by atoms with E-state index in [0.717, 1.165) is 33.6 Å². The molecule has 0 amide bonds. The standard InChI is InChI=1S/C43H41ClO7/c1-30-39(48-27-33-14-8-4-9-15-33)40(49-28-34-16-10-5-11-17-34)43(50-29-42(30,51-43)41(45)46-2)36-20-23-38(44)35(25-36)24-31-18-21-37(22-19-31)47-26-32-12-6-3-7-13-32/h3-23,25,30,39-40H,24,26-29H2,1-2H3/t30-,39-,40+,42-,43-/m0/s1. The van der Waals surface area contributed by atoms with Crippen molar-refractivity contribution in [1.29, 1.82) is 0 Å². The first-order valence-electron chi connectivity index (χ1n) is 17.2. The van der Waals surface area contributed by atoms with Crippen LogP contribution < -0.4 is 4.74 Å². The van der Waals surface area contributed by atoms with E-state index >= 15 is 0 Å². The summed E-state index contributed by atoms with van der Waals surface area (Å²) in [5.74, 6) is -1.70. The van der Waals surface area contributed by atoms with Gasteiger partial charge in [-0.2, -0.15) is 0 Å². The average molecular weight is 705 g/mol. The van der Waals surface area contributed by atoms with Crippen molar-refractivity contribution in [2.75, 3.05) is 13.7 Å². The number of rotatable bonds is 13. The zero-order valence-electron chi connectivity index (χ0n) is 28.7. The Balaban J connectivity index is 1.21. The molecule has 0 saturated carbocycles. The highest BCUT2D eigenvalue weighted by Gasteiger charge is 2.71. The predicted molar refractivity (Wildman–Crippen MR) is 194 cm³/mol. The summed E-state index contributed by atoms with van der Waals surface area (Å²) in [6, 6.07) is 43.6. The molecule has 262 valence electrons. The number of esters is 1. The van der Waals surface area contributed by atoms with Gasteiger partial charge in [-0.3, -0.25) is 0 Å². The van der Waals surface area contributed by atoms with Crippen molar-refractivity contribution >= 4 is 17.6 Å². The maximum absolute atomic E-state index is 13.6. The van der Waals surface area contributed by atoms with Gasteiger partial charge in [0.15, 0.2) is 5.60 Å². The van der Waals surface area contributed by atoms with Crippen LogP contribution in [0.2, 0.25) is 5.02 Å². The van der Waals surface area contributed by atoms with E-state index < -0.39 is 35.5 Å². The highest BCUT2D eigenvalue weighted by molar-refractivity contribution is 6.31. The lowest BCUT2D eigenvalue weighted by molar-refractivity contribution is -0.330. The van der Waals surface area contributed by atoms with Crippen LogP contribution >= 0.6 is 11.6 Å². The van der Waals surface area contributed by atoms with Crippen molar-refractivity contribution in [2.24, 2.45) is 5.92 Å². The number of carbonyl (C=O) groups excluding carboxylic acids is 1. The van der Waals surface area contributed by atoms with Gasteiger partial charge in [-0.05, 0) is 58.5 Å². The van der Waals surface area contributed by atoms with Crippen LogP contribution in [0.5, 0.6) is 5.75 Å². The molecular formula is C43H41ClO7. The Morgan fingerprint density at radius 3 is 1.94 bits per heavy atom. The van der Waals surface area contributed by atoms with Crippen LogP contribution in [-0.4, -0.2) is 37.5 Å². The maximum atomic E-state index is 13.6. The molecule has 2 bridgehead atoms. The Morgan fingerprint density at radius 2 is 1.33 bits per heavy atom. The summed E-state index contributed by atoms with van der Waals surface area (Å²) in [6.45, 7) is 2.99. The summed E-state index contributed by atoms with van der Waals surface area (Å²) in [4.78, 5) is 13.6. The molecule has 7 rings (SSSR count). The van der Waals surface area contributed by atoms with Gasteiger partial charge in [-0.25, -0.2) is 4.79 Å². The number of hydrogen-bond acceptors (Lipinski definition) is 7. The smallest absolute Gasteiger partial charge is 0.341 e. The molecule has 2 aliphatic heterocycles. The second kappa shape index (κ2) is 15.4. The van der Waals surface area contributed by atoms with E-state index in [4.69, 9.17) is 40.0 Å². The van der Waals surface area contributed by atoms with E-state index in [-0.39, 0.29) is 13.2 Å². The fraction of sp³-hybridized carbons (Fsp3) is 0.279. The van der Waals surface area contributed by atoms with Gasteiger partial charge in [-0.1, -0.05) is 128 Å². The van der Waals surface area contributed by atoms with Crippen LogP contribution in [0.25, 0.3) is 0 Å². The van der Waals surface area contributed by atoms with Gasteiger partial charge in [0.05, 0.1) is 33.0 Å². The minimum atomic E-state index is -1.49. The Bertz CT molecular complexity index is 1900. The largest absolute Gasteiger partial charge is 0.489 e. The van der Waals surface area contributed by atoms with Crippen LogP contribution in [0.1, 0.15) is 40.3 Å². The van der Waals surface area contributed by atoms with Gasteiger partial charge >= 0.3 is 5.97 Å². The molecule has 0 radical (unpaired) electrons. The van der Waals surface area contributed by atoms with E-state index in [1.54, 1.807) is 0 Å². The van der Waals surface area contributed by atoms with Gasteiger partial charge < -0.3 is 28.4 Å². The van der Waals surface area contributed by atoms with Crippen LogP contribution in [-0.2, 0) is 60.5 Å². The molecule has 51 heavy (non-hydrogen) atoms. The van der Waals surface area contributed by atoms with Gasteiger partial charge in [-0.15, -0.1) is 0 Å². The van der Waals surface area contributed by atoms with E-state index in [1.807, 2.05) is 140 Å². The third-order valence-corrected chi connectivity index (χ3v) is 10.2. The third-order valence-electron chi connectivity index (χ3n) is 9.84. The summed E-state index contributed by atoms with van der Waals surface area (Å²) >= 11 is 6.84. The van der Waals surface area contributed by atoms with Gasteiger partial charge in [0.1, 0.15) is 18.5 Å². The first-order valence-corrected chi connectivity index (χ1v) is 17.6. The molecule has 5 atom stereocenters. The quantitative estimate of drug-likeness (QED) is 0.114. The molecule has 0 unspecified atom stereocenters. The number of halogens is 1. The summed E-state index contributed by atoms with van der Waals surface area (Å²) in [5, 5.41) is 0.597. The molecule has 2 aliphatic rings. The molecule has 0 N–H and O–H groups in total. The molecule has 2 heterocycles. The van der Waals surface area contributed by atoms with Gasteiger partial charge in [0.25, 0.3) is 0 Å². The zero-order valence-corrected chi connectivity index (χ0v) is 29.5. The van der Waals surface area contributed by atoms with Crippen molar-refractivity contribution in [3.8, 4) is 5.75 Å². The van der Waals surface area contributed by atoms with E-state index in [9.17, 15) is 4.79 Å². The van der Waals surface area contributed by atoms with Crippen molar-refractivity contribution in [3.05, 3.63) is 172 Å². The van der Waals surface area contributed by atoms with E-state index in [0.29, 0.717) is 30.2 Å². The number of methoxy groups -OCH3 is 1. The number of carbonyl (C=O) groups is 1. The van der Waals surface area contributed by atoms with Crippen LogP contribution in [0, 0.1) is 5.92 Å². The molecule has 0 aliphatic carbocycles. The molecular weight excluding hydrogens is 664 g/mol. The molecule has 5 aromatic carbocycles. The van der Waals surface area contributed by atoms with Crippen LogP contribution in [0.3, 0.4) is 0 Å². The topological polar surface area (TPSA) is 72.5 Å². The third kappa shape index (κ3) is 7.31.